The first-order chi connectivity index (χ1) is 14.9. The number of carbonyl (C=O) groups is 3. The van der Waals surface area contributed by atoms with Crippen molar-refractivity contribution >= 4 is 28.3 Å². The number of Topliss-reactive ketones (excluding diaryl/α,β-unsaturated/α-hetero) is 2. The van der Waals surface area contributed by atoms with Crippen molar-refractivity contribution in [3.8, 4) is 17.2 Å². The second-order valence-corrected chi connectivity index (χ2v) is 7.80. The molecule has 0 amide bonds. The van der Waals surface area contributed by atoms with Gasteiger partial charge in [-0.05, 0) is 12.5 Å². The summed E-state index contributed by atoms with van der Waals surface area (Å²) in [6.45, 7) is 2.05. The van der Waals surface area contributed by atoms with Gasteiger partial charge in [0.25, 0.3) is 0 Å². The second-order valence-electron chi connectivity index (χ2n) is 7.80. The lowest BCUT2D eigenvalue weighted by atomic mass is 9.74. The molecular weight excluding hydrogens is 404 g/mol. The van der Waals surface area contributed by atoms with Gasteiger partial charge in [-0.1, -0.05) is 12.1 Å². The number of phenolic OH excluding ortho intramolecular Hbond substituents is 1. The molecule has 0 atom stereocenters. The molecule has 1 saturated heterocycles. The molecule has 2 aromatic rings. The number of carbonyl (C=O) groups excluding carboxylic acids is 3. The first-order valence-corrected chi connectivity index (χ1v) is 10.0. The van der Waals surface area contributed by atoms with E-state index in [4.69, 9.17) is 18.9 Å². The predicted octanol–water partition coefficient (Wildman–Crippen LogP) is 3.08. The van der Waals surface area contributed by atoms with Gasteiger partial charge >= 0.3 is 5.97 Å². The summed E-state index contributed by atoms with van der Waals surface area (Å²) < 4.78 is 22.3. The quantitative estimate of drug-likeness (QED) is 0.579. The van der Waals surface area contributed by atoms with Crippen LogP contribution in [0.2, 0.25) is 0 Å². The fourth-order valence-electron chi connectivity index (χ4n) is 4.76. The Bertz CT molecular complexity index is 1200. The Morgan fingerprint density at radius 3 is 2.48 bits per heavy atom. The van der Waals surface area contributed by atoms with Crippen molar-refractivity contribution in [1.82, 2.24) is 0 Å². The van der Waals surface area contributed by atoms with Gasteiger partial charge in [-0.2, -0.15) is 0 Å². The molecule has 0 aromatic heterocycles. The highest BCUT2D eigenvalue weighted by Crippen LogP contribution is 2.51. The van der Waals surface area contributed by atoms with Gasteiger partial charge in [-0.3, -0.25) is 14.4 Å². The highest BCUT2D eigenvalue weighted by molar-refractivity contribution is 6.32. The molecule has 8 nitrogen and oxygen atoms in total. The van der Waals surface area contributed by atoms with E-state index in [1.54, 1.807) is 18.2 Å². The molecule has 0 bridgehead atoms. The molecule has 3 aliphatic rings. The maximum absolute atomic E-state index is 13.6. The van der Waals surface area contributed by atoms with E-state index in [9.17, 15) is 19.5 Å². The van der Waals surface area contributed by atoms with Crippen molar-refractivity contribution in [2.45, 2.75) is 32.0 Å². The smallest absolute Gasteiger partial charge is 0.308 e. The van der Waals surface area contributed by atoms with Crippen molar-refractivity contribution in [3.05, 3.63) is 40.5 Å². The summed E-state index contributed by atoms with van der Waals surface area (Å²) in [5.74, 6) is -2.64. The number of hydrogen-bond acceptors (Lipinski definition) is 8. The Hall–Kier alpha value is -3.23. The van der Waals surface area contributed by atoms with Crippen LogP contribution in [0, 0.1) is 0 Å². The third-order valence-corrected chi connectivity index (χ3v) is 6.07. The summed E-state index contributed by atoms with van der Waals surface area (Å²) in [6.07, 6.45) is 0.850. The molecule has 0 radical (unpaired) electrons. The highest BCUT2D eigenvalue weighted by atomic mass is 16.7. The average Bonchev–Trinajstić information content (AvgIpc) is 3.20. The lowest BCUT2D eigenvalue weighted by Crippen LogP contribution is -2.38. The van der Waals surface area contributed by atoms with Crippen LogP contribution in [0.15, 0.2) is 29.3 Å². The summed E-state index contributed by atoms with van der Waals surface area (Å²) in [5.41, 5.74) is 0.328. The Balaban J connectivity index is 1.79. The van der Waals surface area contributed by atoms with Crippen molar-refractivity contribution in [2.24, 2.45) is 0 Å². The largest absolute Gasteiger partial charge is 0.506 e. The number of ether oxygens (including phenoxy) is 4. The zero-order chi connectivity index (χ0) is 21.9. The number of allylic oxidation sites excluding steroid dienone is 1. The molecule has 1 spiro atoms. The topological polar surface area (TPSA) is 108 Å². The van der Waals surface area contributed by atoms with E-state index in [0.717, 1.165) is 0 Å². The summed E-state index contributed by atoms with van der Waals surface area (Å²) in [4.78, 5) is 39.0. The number of rotatable bonds is 2. The Kier molecular flexibility index (Phi) is 4.39. The zero-order valence-corrected chi connectivity index (χ0v) is 17.1. The molecule has 2 aliphatic carbocycles. The fraction of sp³-hybridized carbons (Fsp3) is 0.348. The van der Waals surface area contributed by atoms with Gasteiger partial charge in [0.05, 0.1) is 36.8 Å². The minimum atomic E-state index is -0.921. The highest BCUT2D eigenvalue weighted by Gasteiger charge is 2.48. The van der Waals surface area contributed by atoms with E-state index in [-0.39, 0.29) is 46.4 Å². The van der Waals surface area contributed by atoms with E-state index in [1.807, 2.05) is 0 Å². The molecule has 31 heavy (non-hydrogen) atoms. The van der Waals surface area contributed by atoms with Crippen LogP contribution in [0.3, 0.4) is 0 Å². The number of aromatic hydroxyl groups is 1. The minimum Gasteiger partial charge on any atom is -0.506 e. The predicted molar refractivity (Wildman–Crippen MR) is 108 cm³/mol. The van der Waals surface area contributed by atoms with Gasteiger partial charge in [-0.15, -0.1) is 0 Å². The first kappa shape index (κ1) is 19.7. The lowest BCUT2D eigenvalue weighted by molar-refractivity contribution is -0.162. The molecule has 1 N–H and O–H groups in total. The minimum absolute atomic E-state index is 0.0630. The summed E-state index contributed by atoms with van der Waals surface area (Å²) >= 11 is 0. The van der Waals surface area contributed by atoms with Crippen molar-refractivity contribution in [1.29, 1.82) is 0 Å². The van der Waals surface area contributed by atoms with Crippen LogP contribution in [0.5, 0.6) is 17.2 Å². The Labute approximate surface area is 177 Å². The van der Waals surface area contributed by atoms with Crippen LogP contribution in [0.25, 0.3) is 10.8 Å². The number of methoxy groups -OCH3 is 1. The molecule has 1 fully saturated rings. The maximum atomic E-state index is 13.6. The van der Waals surface area contributed by atoms with Gasteiger partial charge in [0.2, 0.25) is 0 Å². The van der Waals surface area contributed by atoms with E-state index >= 15 is 0 Å². The summed E-state index contributed by atoms with van der Waals surface area (Å²) in [7, 11) is 1.43. The Morgan fingerprint density at radius 2 is 1.81 bits per heavy atom. The molecule has 2 aromatic carbocycles. The number of fused-ring (bicyclic) bond motifs is 2. The maximum Gasteiger partial charge on any atom is 0.308 e. The molecule has 0 unspecified atom stereocenters. The van der Waals surface area contributed by atoms with E-state index in [0.29, 0.717) is 36.3 Å². The standard InChI is InChI=1S/C23H20O8/c1-11(24)31-22-13-4-3-5-15(28-2)16(13)21(27)17-18(22)20(26)14-10-23(29-8-9-30-23)7-6-12(14)19(17)25/h3-5,27H,6-10H2,1-2H3. The third-order valence-electron chi connectivity index (χ3n) is 6.07. The fourth-order valence-corrected chi connectivity index (χ4v) is 4.76. The van der Waals surface area contributed by atoms with E-state index in [1.165, 1.54) is 14.0 Å². The first-order valence-electron chi connectivity index (χ1n) is 10.0. The number of phenols is 1. The molecule has 1 heterocycles. The lowest BCUT2D eigenvalue weighted by Gasteiger charge is -2.36. The van der Waals surface area contributed by atoms with Gasteiger partial charge < -0.3 is 24.1 Å². The number of ketones is 2. The molecule has 8 heteroatoms. The van der Waals surface area contributed by atoms with Crippen molar-refractivity contribution in [2.75, 3.05) is 20.3 Å². The summed E-state index contributed by atoms with van der Waals surface area (Å²) in [6, 6.07) is 4.86. The van der Waals surface area contributed by atoms with Crippen LogP contribution < -0.4 is 9.47 Å². The number of benzene rings is 2. The van der Waals surface area contributed by atoms with E-state index < -0.39 is 23.3 Å². The number of esters is 1. The molecule has 1 aliphatic heterocycles. The third kappa shape index (κ3) is 2.79. The molecule has 0 saturated carbocycles. The van der Waals surface area contributed by atoms with Gasteiger partial charge in [0.1, 0.15) is 11.5 Å². The van der Waals surface area contributed by atoms with Crippen LogP contribution >= 0.6 is 0 Å². The van der Waals surface area contributed by atoms with Gasteiger partial charge in [0, 0.05) is 36.3 Å². The summed E-state index contributed by atoms with van der Waals surface area (Å²) in [5, 5.41) is 11.6. The Morgan fingerprint density at radius 1 is 1.10 bits per heavy atom. The van der Waals surface area contributed by atoms with Gasteiger partial charge in [-0.25, -0.2) is 0 Å². The monoisotopic (exact) mass is 424 g/mol. The number of hydrogen-bond donors (Lipinski definition) is 1. The van der Waals surface area contributed by atoms with Gasteiger partial charge in [0.15, 0.2) is 23.1 Å². The van der Waals surface area contributed by atoms with Crippen LogP contribution in [0.4, 0.5) is 0 Å². The normalized spacial score (nSPS) is 19.5. The SMILES string of the molecule is COc1cccc2c(OC(C)=O)c3c(c(O)c12)C(=O)C1=C(CC2(CC1)OCCO2)C3=O. The van der Waals surface area contributed by atoms with Crippen molar-refractivity contribution in [3.63, 3.8) is 0 Å². The van der Waals surface area contributed by atoms with Crippen LogP contribution in [0.1, 0.15) is 46.9 Å². The average molecular weight is 424 g/mol. The molecule has 5 rings (SSSR count). The van der Waals surface area contributed by atoms with Crippen LogP contribution in [-0.2, 0) is 14.3 Å². The molecule has 160 valence electrons. The van der Waals surface area contributed by atoms with Crippen molar-refractivity contribution < 1.29 is 38.4 Å². The second kappa shape index (κ2) is 6.90. The van der Waals surface area contributed by atoms with Crippen LogP contribution in [-0.4, -0.2) is 48.8 Å². The van der Waals surface area contributed by atoms with E-state index in [2.05, 4.69) is 0 Å². The molecular formula is C23H20O8. The zero-order valence-electron chi connectivity index (χ0n) is 17.1.